The number of carbonyl (C=O) groups is 2. The lowest BCUT2D eigenvalue weighted by Gasteiger charge is -2.32. The third kappa shape index (κ3) is 5.52. The topological polar surface area (TPSA) is 73.9 Å². The maximum atomic E-state index is 13.0. The first-order valence-corrected chi connectivity index (χ1v) is 11.4. The molecule has 2 aromatic rings. The van der Waals surface area contributed by atoms with Gasteiger partial charge < -0.3 is 25.2 Å². The highest BCUT2D eigenvalue weighted by Crippen LogP contribution is 2.23. The predicted octanol–water partition coefficient (Wildman–Crippen LogP) is 3.40. The molecule has 170 valence electrons. The van der Waals surface area contributed by atoms with Gasteiger partial charge in [0.25, 0.3) is 5.91 Å². The first kappa shape index (κ1) is 22.0. The molecule has 2 saturated heterocycles. The van der Waals surface area contributed by atoms with Crippen molar-refractivity contribution in [3.63, 3.8) is 0 Å². The molecule has 0 atom stereocenters. The standard InChI is InChI=1S/C25H32N4O3/c1-32-23-9-7-19(8-10-23)18-26-25(31)27-21-11-15-29(16-12-21)24(30)20-5-4-6-22(17-20)28-13-2-3-14-28/h4-10,17,21H,2-3,11-16,18H2,1H3,(H2,26,27,31). The highest BCUT2D eigenvalue weighted by molar-refractivity contribution is 5.95. The first-order chi connectivity index (χ1) is 15.6. The van der Waals surface area contributed by atoms with Crippen molar-refractivity contribution < 1.29 is 14.3 Å². The number of nitrogens with one attached hydrogen (secondary N) is 2. The average molecular weight is 437 g/mol. The van der Waals surface area contributed by atoms with Gasteiger partial charge in [-0.05, 0) is 61.6 Å². The number of hydrogen-bond acceptors (Lipinski definition) is 4. The molecule has 2 N–H and O–H groups in total. The van der Waals surface area contributed by atoms with Crippen molar-refractivity contribution in [1.29, 1.82) is 0 Å². The fraction of sp³-hybridized carbons (Fsp3) is 0.440. The number of urea groups is 1. The molecule has 2 fully saturated rings. The molecule has 2 aliphatic rings. The SMILES string of the molecule is COc1ccc(CNC(=O)NC2CCN(C(=O)c3cccc(N4CCCC4)c3)CC2)cc1. The smallest absolute Gasteiger partial charge is 0.315 e. The largest absolute Gasteiger partial charge is 0.497 e. The van der Waals surface area contributed by atoms with Gasteiger partial charge in [-0.25, -0.2) is 4.79 Å². The lowest BCUT2D eigenvalue weighted by Crippen LogP contribution is -2.49. The Bertz CT molecular complexity index is 917. The fourth-order valence-electron chi connectivity index (χ4n) is 4.38. The van der Waals surface area contributed by atoms with E-state index in [1.807, 2.05) is 47.4 Å². The van der Waals surface area contributed by atoms with Crippen molar-refractivity contribution >= 4 is 17.6 Å². The molecule has 0 radical (unpaired) electrons. The maximum absolute atomic E-state index is 13.0. The van der Waals surface area contributed by atoms with E-state index in [9.17, 15) is 9.59 Å². The average Bonchev–Trinajstić information content (AvgIpc) is 3.38. The number of amides is 3. The summed E-state index contributed by atoms with van der Waals surface area (Å²) in [6.07, 6.45) is 3.94. The van der Waals surface area contributed by atoms with Crippen molar-refractivity contribution in [2.45, 2.75) is 38.3 Å². The highest BCUT2D eigenvalue weighted by Gasteiger charge is 2.25. The van der Waals surface area contributed by atoms with Crippen molar-refractivity contribution in [3.8, 4) is 5.75 Å². The molecule has 4 rings (SSSR count). The van der Waals surface area contributed by atoms with Gasteiger partial charge in [0.1, 0.15) is 5.75 Å². The summed E-state index contributed by atoms with van der Waals surface area (Å²) < 4.78 is 5.15. The normalized spacial score (nSPS) is 16.7. The van der Waals surface area contributed by atoms with Crippen LogP contribution in [-0.4, -0.2) is 56.2 Å². The molecule has 0 spiro atoms. The molecule has 2 aliphatic heterocycles. The zero-order valence-electron chi connectivity index (χ0n) is 18.7. The Kier molecular flexibility index (Phi) is 7.14. The molecular weight excluding hydrogens is 404 g/mol. The zero-order valence-corrected chi connectivity index (χ0v) is 18.7. The van der Waals surface area contributed by atoms with Crippen LogP contribution in [-0.2, 0) is 6.54 Å². The van der Waals surface area contributed by atoms with Crippen LogP contribution in [0.25, 0.3) is 0 Å². The number of piperidine rings is 1. The van der Waals surface area contributed by atoms with Gasteiger partial charge in [0.05, 0.1) is 7.11 Å². The minimum absolute atomic E-state index is 0.0749. The van der Waals surface area contributed by atoms with E-state index in [0.717, 1.165) is 48.5 Å². The number of ether oxygens (including phenoxy) is 1. The molecule has 2 heterocycles. The molecule has 7 heteroatoms. The quantitative estimate of drug-likeness (QED) is 0.728. The van der Waals surface area contributed by atoms with Gasteiger partial charge in [0.15, 0.2) is 0 Å². The van der Waals surface area contributed by atoms with Gasteiger partial charge in [-0.2, -0.15) is 0 Å². The number of hydrogen-bond donors (Lipinski definition) is 2. The number of methoxy groups -OCH3 is 1. The zero-order chi connectivity index (χ0) is 22.3. The van der Waals surface area contributed by atoms with Crippen LogP contribution in [0, 0.1) is 0 Å². The van der Waals surface area contributed by atoms with Crippen LogP contribution in [0.4, 0.5) is 10.5 Å². The number of likely N-dealkylation sites (tertiary alicyclic amines) is 1. The van der Waals surface area contributed by atoms with E-state index < -0.39 is 0 Å². The summed E-state index contributed by atoms with van der Waals surface area (Å²) in [5.74, 6) is 0.871. The molecule has 0 saturated carbocycles. The third-order valence-corrected chi connectivity index (χ3v) is 6.29. The van der Waals surface area contributed by atoms with Gasteiger partial charge in [-0.3, -0.25) is 4.79 Å². The second-order valence-corrected chi connectivity index (χ2v) is 8.49. The fourth-order valence-corrected chi connectivity index (χ4v) is 4.38. The molecule has 3 amide bonds. The molecular formula is C25H32N4O3. The molecule has 0 aromatic heterocycles. The Hall–Kier alpha value is -3.22. The van der Waals surface area contributed by atoms with E-state index in [1.54, 1.807) is 7.11 Å². The number of nitrogens with zero attached hydrogens (tertiary/aromatic N) is 2. The second-order valence-electron chi connectivity index (χ2n) is 8.49. The molecule has 32 heavy (non-hydrogen) atoms. The third-order valence-electron chi connectivity index (χ3n) is 6.29. The van der Waals surface area contributed by atoms with E-state index in [4.69, 9.17) is 4.74 Å². The van der Waals surface area contributed by atoms with Crippen molar-refractivity contribution in [1.82, 2.24) is 15.5 Å². The van der Waals surface area contributed by atoms with Crippen LogP contribution in [0.2, 0.25) is 0 Å². The molecule has 7 nitrogen and oxygen atoms in total. The van der Waals surface area contributed by atoms with Crippen LogP contribution in [0.1, 0.15) is 41.6 Å². The number of benzene rings is 2. The van der Waals surface area contributed by atoms with E-state index in [0.29, 0.717) is 19.6 Å². The Labute approximate surface area is 189 Å². The van der Waals surface area contributed by atoms with Crippen molar-refractivity contribution in [3.05, 3.63) is 59.7 Å². The molecule has 0 bridgehead atoms. The van der Waals surface area contributed by atoms with Gasteiger partial charge in [0, 0.05) is 50.0 Å². The second kappa shape index (κ2) is 10.4. The summed E-state index contributed by atoms with van der Waals surface area (Å²) >= 11 is 0. The summed E-state index contributed by atoms with van der Waals surface area (Å²) in [6, 6.07) is 15.5. The minimum Gasteiger partial charge on any atom is -0.497 e. The predicted molar refractivity (Wildman–Crippen MR) is 125 cm³/mol. The molecule has 2 aromatic carbocycles. The Morgan fingerprint density at radius 3 is 2.41 bits per heavy atom. The summed E-state index contributed by atoms with van der Waals surface area (Å²) in [7, 11) is 1.63. The highest BCUT2D eigenvalue weighted by atomic mass is 16.5. The number of carbonyl (C=O) groups excluding carboxylic acids is 2. The maximum Gasteiger partial charge on any atom is 0.315 e. The summed E-state index contributed by atoms with van der Waals surface area (Å²) in [4.78, 5) is 29.5. The van der Waals surface area contributed by atoms with Crippen LogP contribution in [0.5, 0.6) is 5.75 Å². The number of rotatable bonds is 6. The number of anilines is 1. The van der Waals surface area contributed by atoms with E-state index in [-0.39, 0.29) is 18.0 Å². The first-order valence-electron chi connectivity index (χ1n) is 11.4. The molecule has 0 unspecified atom stereocenters. The van der Waals surface area contributed by atoms with Crippen molar-refractivity contribution in [2.24, 2.45) is 0 Å². The molecule has 0 aliphatic carbocycles. The Morgan fingerprint density at radius 1 is 1.00 bits per heavy atom. The Balaban J connectivity index is 1.22. The summed E-state index contributed by atoms with van der Waals surface area (Å²) in [6.45, 7) is 3.89. The van der Waals surface area contributed by atoms with Crippen LogP contribution >= 0.6 is 0 Å². The minimum atomic E-state index is -0.177. The van der Waals surface area contributed by atoms with Crippen LogP contribution in [0.3, 0.4) is 0 Å². The van der Waals surface area contributed by atoms with Crippen molar-refractivity contribution in [2.75, 3.05) is 38.2 Å². The van der Waals surface area contributed by atoms with Crippen LogP contribution < -0.4 is 20.3 Å². The van der Waals surface area contributed by atoms with E-state index in [2.05, 4.69) is 21.6 Å². The lowest BCUT2D eigenvalue weighted by atomic mass is 10.0. The monoisotopic (exact) mass is 436 g/mol. The van der Waals surface area contributed by atoms with E-state index in [1.165, 1.54) is 12.8 Å². The van der Waals surface area contributed by atoms with Gasteiger partial charge in [0.2, 0.25) is 0 Å². The van der Waals surface area contributed by atoms with Gasteiger partial charge in [-0.1, -0.05) is 18.2 Å². The summed E-state index contributed by atoms with van der Waals surface area (Å²) in [5, 5.41) is 5.94. The van der Waals surface area contributed by atoms with E-state index >= 15 is 0 Å². The van der Waals surface area contributed by atoms with Gasteiger partial charge in [-0.15, -0.1) is 0 Å². The van der Waals surface area contributed by atoms with Gasteiger partial charge >= 0.3 is 6.03 Å². The van der Waals surface area contributed by atoms with Crippen LogP contribution in [0.15, 0.2) is 48.5 Å². The lowest BCUT2D eigenvalue weighted by molar-refractivity contribution is 0.0708. The summed E-state index contributed by atoms with van der Waals surface area (Å²) in [5.41, 5.74) is 2.90. The Morgan fingerprint density at radius 2 is 1.72 bits per heavy atom.